The lowest BCUT2D eigenvalue weighted by molar-refractivity contribution is -0.634. The Hall–Kier alpha value is -3.33. The van der Waals surface area contributed by atoms with Crippen LogP contribution in [-0.4, -0.2) is 4.57 Å². The highest BCUT2D eigenvalue weighted by Gasteiger charge is 2.21. The Morgan fingerprint density at radius 1 is 0.963 bits per heavy atom. The summed E-state index contributed by atoms with van der Waals surface area (Å²) in [5.41, 5.74) is 5.87. The topological polar surface area (TPSA) is 18.0 Å². The molecule has 27 heavy (non-hydrogen) atoms. The van der Waals surface area contributed by atoms with Crippen molar-refractivity contribution < 1.29 is 9.30 Å². The number of ether oxygens (including phenoxy) is 1. The lowest BCUT2D eigenvalue weighted by atomic mass is 10.1. The molecule has 0 N–H and O–H groups in total. The maximum absolute atomic E-state index is 5.94. The minimum atomic E-state index is 0.554. The third-order valence-electron chi connectivity index (χ3n) is 4.97. The summed E-state index contributed by atoms with van der Waals surface area (Å²) in [5.74, 6) is 2.04. The van der Waals surface area contributed by atoms with Gasteiger partial charge >= 0.3 is 0 Å². The lowest BCUT2D eigenvalue weighted by Crippen LogP contribution is -2.29. The number of aromatic nitrogens is 2. The molecule has 0 aliphatic rings. The molecule has 0 amide bonds. The van der Waals surface area contributed by atoms with Crippen molar-refractivity contribution >= 4 is 17.1 Å². The van der Waals surface area contributed by atoms with E-state index < -0.39 is 0 Å². The molecule has 0 saturated heterocycles. The van der Waals surface area contributed by atoms with Gasteiger partial charge in [0.2, 0.25) is 0 Å². The van der Waals surface area contributed by atoms with Crippen molar-refractivity contribution in [2.75, 3.05) is 0 Å². The zero-order valence-corrected chi connectivity index (χ0v) is 15.7. The fourth-order valence-electron chi connectivity index (χ4n) is 3.49. The van der Waals surface area contributed by atoms with E-state index in [1.807, 2.05) is 18.2 Å². The predicted octanol–water partition coefficient (Wildman–Crippen LogP) is 4.89. The summed E-state index contributed by atoms with van der Waals surface area (Å²) in [5, 5.41) is 0. The largest absolute Gasteiger partial charge is 0.489 e. The van der Waals surface area contributed by atoms with Crippen LogP contribution in [0.3, 0.4) is 0 Å². The first-order valence-corrected chi connectivity index (χ1v) is 9.05. The molecule has 0 atom stereocenters. The van der Waals surface area contributed by atoms with Gasteiger partial charge in [-0.1, -0.05) is 49.1 Å². The normalized spacial score (nSPS) is 10.9. The summed E-state index contributed by atoms with van der Waals surface area (Å²) in [4.78, 5) is 0. The molecule has 0 aliphatic heterocycles. The first-order valence-electron chi connectivity index (χ1n) is 9.05. The van der Waals surface area contributed by atoms with Crippen LogP contribution in [0.15, 0.2) is 79.4 Å². The molecule has 0 fully saturated rings. The molecule has 3 heteroatoms. The number of para-hydroxylation sites is 2. The van der Waals surface area contributed by atoms with E-state index >= 15 is 0 Å². The van der Waals surface area contributed by atoms with Gasteiger partial charge in [0.1, 0.15) is 12.4 Å². The van der Waals surface area contributed by atoms with E-state index in [1.54, 1.807) is 0 Å². The van der Waals surface area contributed by atoms with Gasteiger partial charge in [0.25, 0.3) is 5.82 Å². The van der Waals surface area contributed by atoms with E-state index in [2.05, 4.69) is 90.5 Å². The minimum absolute atomic E-state index is 0.554. The number of rotatable bonds is 5. The van der Waals surface area contributed by atoms with Crippen LogP contribution in [0.25, 0.3) is 28.5 Å². The summed E-state index contributed by atoms with van der Waals surface area (Å²) < 4.78 is 10.4. The predicted molar refractivity (Wildman–Crippen MR) is 110 cm³/mol. The molecular weight excluding hydrogens is 332 g/mol. The van der Waals surface area contributed by atoms with Gasteiger partial charge < -0.3 is 4.74 Å². The summed E-state index contributed by atoms with van der Waals surface area (Å²) in [6.07, 6.45) is 1.84. The quantitative estimate of drug-likeness (QED) is 0.466. The van der Waals surface area contributed by atoms with E-state index in [4.69, 9.17) is 4.74 Å². The maximum Gasteiger partial charge on any atom is 0.289 e. The molecule has 1 heterocycles. The van der Waals surface area contributed by atoms with E-state index in [1.165, 1.54) is 22.4 Å². The molecule has 1 aromatic heterocycles. The number of hydrogen-bond donors (Lipinski definition) is 0. The number of hydrogen-bond acceptors (Lipinski definition) is 1. The van der Waals surface area contributed by atoms with Crippen molar-refractivity contribution in [1.82, 2.24) is 4.57 Å². The Morgan fingerprint density at radius 3 is 2.33 bits per heavy atom. The smallest absolute Gasteiger partial charge is 0.289 e. The summed E-state index contributed by atoms with van der Waals surface area (Å²) in [6, 6.07) is 25.0. The second kappa shape index (κ2) is 7.12. The molecular formula is C24H23N2O+. The van der Waals surface area contributed by atoms with Crippen molar-refractivity contribution in [2.24, 2.45) is 14.1 Å². The van der Waals surface area contributed by atoms with Crippen LogP contribution in [0.5, 0.6) is 5.75 Å². The zero-order valence-electron chi connectivity index (χ0n) is 15.7. The second-order valence-electron chi connectivity index (χ2n) is 6.69. The highest BCUT2D eigenvalue weighted by molar-refractivity contribution is 5.75. The zero-order chi connectivity index (χ0) is 18.8. The molecule has 4 rings (SSSR count). The number of aryl methyl sites for hydroxylation is 2. The second-order valence-corrected chi connectivity index (χ2v) is 6.69. The van der Waals surface area contributed by atoms with Crippen molar-refractivity contribution in [3.8, 4) is 17.1 Å². The Labute approximate surface area is 159 Å². The van der Waals surface area contributed by atoms with E-state index in [0.29, 0.717) is 6.61 Å². The standard InChI is InChI=1S/C24H23N2O/c1-4-18-9-11-19(12-10-18)17-27-21-15-13-20(14-16-21)24-25(2)22-7-5-6-8-23(22)26(24)3/h4-16H,1,17H2,2-3H3/q+1. The monoisotopic (exact) mass is 355 g/mol. The fourth-order valence-corrected chi connectivity index (χ4v) is 3.49. The molecule has 0 spiro atoms. The Balaban J connectivity index is 1.55. The van der Waals surface area contributed by atoms with Crippen LogP contribution >= 0.6 is 0 Å². The van der Waals surface area contributed by atoms with Gasteiger partial charge in [-0.3, -0.25) is 0 Å². The van der Waals surface area contributed by atoms with Crippen LogP contribution in [0.2, 0.25) is 0 Å². The van der Waals surface area contributed by atoms with E-state index in [-0.39, 0.29) is 0 Å². The maximum atomic E-state index is 5.94. The van der Waals surface area contributed by atoms with Gasteiger partial charge in [-0.05, 0) is 47.5 Å². The van der Waals surface area contributed by atoms with Crippen molar-refractivity contribution in [3.05, 3.63) is 90.5 Å². The van der Waals surface area contributed by atoms with Crippen LogP contribution in [0.4, 0.5) is 0 Å². The molecule has 0 radical (unpaired) electrons. The molecule has 4 aromatic rings. The van der Waals surface area contributed by atoms with E-state index in [0.717, 1.165) is 16.9 Å². The Bertz CT molecular complexity index is 1050. The number of imidazole rings is 1. The first kappa shape index (κ1) is 17.1. The SMILES string of the molecule is C=Cc1ccc(COc2ccc(-c3n(C)c4ccccc4[n+]3C)cc2)cc1. The molecule has 0 aliphatic carbocycles. The van der Waals surface area contributed by atoms with Crippen molar-refractivity contribution in [3.63, 3.8) is 0 Å². The molecule has 0 unspecified atom stereocenters. The third-order valence-corrected chi connectivity index (χ3v) is 4.97. The number of fused-ring (bicyclic) bond motifs is 1. The number of benzene rings is 3. The summed E-state index contributed by atoms with van der Waals surface area (Å²) in [7, 11) is 4.21. The van der Waals surface area contributed by atoms with Gasteiger partial charge in [0, 0.05) is 0 Å². The van der Waals surface area contributed by atoms with Gasteiger partial charge in [-0.2, -0.15) is 0 Å². The average molecular weight is 355 g/mol. The van der Waals surface area contributed by atoms with Gasteiger partial charge in [-0.25, -0.2) is 9.13 Å². The summed E-state index contributed by atoms with van der Waals surface area (Å²) in [6.45, 7) is 4.33. The van der Waals surface area contributed by atoms with Crippen LogP contribution < -0.4 is 9.30 Å². The summed E-state index contributed by atoms with van der Waals surface area (Å²) >= 11 is 0. The highest BCUT2D eigenvalue weighted by atomic mass is 16.5. The third kappa shape index (κ3) is 3.24. The van der Waals surface area contributed by atoms with Crippen LogP contribution in [0.1, 0.15) is 11.1 Å². The average Bonchev–Trinajstić information content (AvgIpc) is 2.98. The van der Waals surface area contributed by atoms with Gasteiger partial charge in [0.05, 0.1) is 19.7 Å². The minimum Gasteiger partial charge on any atom is -0.489 e. The molecule has 3 nitrogen and oxygen atoms in total. The Kier molecular flexibility index (Phi) is 4.51. The van der Waals surface area contributed by atoms with Crippen LogP contribution in [-0.2, 0) is 20.7 Å². The van der Waals surface area contributed by atoms with E-state index in [9.17, 15) is 0 Å². The molecule has 0 saturated carbocycles. The molecule has 3 aromatic carbocycles. The fraction of sp³-hybridized carbons (Fsp3) is 0.125. The van der Waals surface area contributed by atoms with Crippen molar-refractivity contribution in [1.29, 1.82) is 0 Å². The Morgan fingerprint density at radius 2 is 1.67 bits per heavy atom. The molecule has 134 valence electrons. The highest BCUT2D eigenvalue weighted by Crippen LogP contribution is 2.24. The molecule has 0 bridgehead atoms. The number of nitrogens with zero attached hydrogens (tertiary/aromatic N) is 2. The first-order chi connectivity index (χ1) is 13.2. The van der Waals surface area contributed by atoms with Crippen LogP contribution in [0, 0.1) is 0 Å². The van der Waals surface area contributed by atoms with Crippen molar-refractivity contribution in [2.45, 2.75) is 6.61 Å². The van der Waals surface area contributed by atoms with Gasteiger partial charge in [0.15, 0.2) is 11.0 Å². The van der Waals surface area contributed by atoms with Gasteiger partial charge in [-0.15, -0.1) is 0 Å². The lowest BCUT2D eigenvalue weighted by Gasteiger charge is -2.07.